The van der Waals surface area contributed by atoms with Crippen molar-refractivity contribution in [2.75, 3.05) is 19.6 Å². The van der Waals surface area contributed by atoms with Crippen molar-refractivity contribution >= 4 is 17.2 Å². The van der Waals surface area contributed by atoms with Crippen molar-refractivity contribution in [2.24, 2.45) is 0 Å². The van der Waals surface area contributed by atoms with Crippen LogP contribution in [0.3, 0.4) is 0 Å². The molecule has 4 rings (SSSR count). The number of likely N-dealkylation sites (tertiary alicyclic amines) is 1. The van der Waals surface area contributed by atoms with Crippen LogP contribution >= 0.6 is 11.3 Å². The van der Waals surface area contributed by atoms with E-state index in [2.05, 4.69) is 27.1 Å². The van der Waals surface area contributed by atoms with Crippen molar-refractivity contribution < 1.29 is 23.1 Å². The van der Waals surface area contributed by atoms with Gasteiger partial charge in [-0.3, -0.25) is 9.69 Å². The molecular weight excluding hydrogens is 465 g/mol. The van der Waals surface area contributed by atoms with E-state index in [1.807, 2.05) is 13.1 Å². The summed E-state index contributed by atoms with van der Waals surface area (Å²) in [7, 11) is 0. The molecule has 1 aromatic heterocycles. The van der Waals surface area contributed by atoms with Crippen molar-refractivity contribution in [1.82, 2.24) is 20.5 Å². The lowest BCUT2D eigenvalue weighted by atomic mass is 9.81. The summed E-state index contributed by atoms with van der Waals surface area (Å²) in [6.07, 6.45) is 0.547. The molecule has 184 valence electrons. The van der Waals surface area contributed by atoms with E-state index in [1.165, 1.54) is 12.1 Å². The lowest BCUT2D eigenvalue weighted by molar-refractivity contribution is -0.137. The molecule has 1 aromatic carbocycles. The van der Waals surface area contributed by atoms with Crippen molar-refractivity contribution in [2.45, 2.75) is 56.5 Å². The van der Waals surface area contributed by atoms with E-state index in [4.69, 9.17) is 0 Å². The molecular formula is C24H29F3N4O2S. The standard InChI is InChI=1S/C24H29F3N4O2S/c1-15(11-28-21(32)17-4-3-5-18(10-17)24(25,26)27)30-19-13-31(14-19)20-6-8-23(33,9-7-20)22-29-12-16(2)34-22/h3-5,10,12,19-20,30,33H,1,6-9,11,13-14H2,2H3,(H,28,32). The molecule has 3 N–H and O–H groups in total. The second kappa shape index (κ2) is 9.67. The summed E-state index contributed by atoms with van der Waals surface area (Å²) in [4.78, 5) is 20.1. The Hall–Kier alpha value is -2.43. The normalized spacial score (nSPS) is 23.9. The van der Waals surface area contributed by atoms with Crippen LogP contribution in [0.4, 0.5) is 13.2 Å². The summed E-state index contributed by atoms with van der Waals surface area (Å²) in [5.41, 5.74) is -1.09. The fraction of sp³-hybridized carbons (Fsp3) is 0.500. The lowest BCUT2D eigenvalue weighted by Gasteiger charge is -2.48. The Morgan fingerprint density at radius 2 is 2.03 bits per heavy atom. The highest BCUT2D eigenvalue weighted by Gasteiger charge is 2.41. The fourth-order valence-corrected chi connectivity index (χ4v) is 5.51. The number of hydrogen-bond acceptors (Lipinski definition) is 6. The zero-order chi connectivity index (χ0) is 24.5. The number of nitrogens with one attached hydrogen (secondary N) is 2. The Balaban J connectivity index is 1.17. The van der Waals surface area contributed by atoms with Crippen LogP contribution in [0.25, 0.3) is 0 Å². The lowest BCUT2D eigenvalue weighted by Crippen LogP contribution is -2.62. The summed E-state index contributed by atoms with van der Waals surface area (Å²) in [5.74, 6) is -0.575. The number of hydrogen-bond donors (Lipinski definition) is 3. The Morgan fingerprint density at radius 1 is 1.32 bits per heavy atom. The quantitative estimate of drug-likeness (QED) is 0.546. The van der Waals surface area contributed by atoms with Crippen molar-refractivity contribution in [1.29, 1.82) is 0 Å². The first kappa shape index (κ1) is 24.7. The predicted octanol–water partition coefficient (Wildman–Crippen LogP) is 3.82. The minimum absolute atomic E-state index is 0.0392. The van der Waals surface area contributed by atoms with Crippen LogP contribution in [-0.2, 0) is 11.8 Å². The van der Waals surface area contributed by atoms with Gasteiger partial charge in [-0.05, 0) is 50.8 Å². The van der Waals surface area contributed by atoms with Gasteiger partial charge in [0.2, 0.25) is 0 Å². The van der Waals surface area contributed by atoms with Crippen LogP contribution in [-0.4, -0.2) is 52.6 Å². The smallest absolute Gasteiger partial charge is 0.383 e. The van der Waals surface area contributed by atoms with Gasteiger partial charge in [0.1, 0.15) is 10.6 Å². The maximum atomic E-state index is 12.8. The third-order valence-corrected chi connectivity index (χ3v) is 7.66. The number of alkyl halides is 3. The Bertz CT molecular complexity index is 1040. The summed E-state index contributed by atoms with van der Waals surface area (Å²) in [6, 6.07) is 4.99. The van der Waals surface area contributed by atoms with E-state index < -0.39 is 23.2 Å². The summed E-state index contributed by atoms with van der Waals surface area (Å²) in [5, 5.41) is 17.7. The first-order chi connectivity index (χ1) is 16.0. The molecule has 2 heterocycles. The van der Waals surface area contributed by atoms with Gasteiger partial charge in [0.15, 0.2) is 0 Å². The molecule has 0 radical (unpaired) electrons. The zero-order valence-electron chi connectivity index (χ0n) is 19.0. The van der Waals surface area contributed by atoms with E-state index in [9.17, 15) is 23.1 Å². The van der Waals surface area contributed by atoms with Crippen LogP contribution in [0, 0.1) is 6.92 Å². The average molecular weight is 495 g/mol. The van der Waals surface area contributed by atoms with Crippen LogP contribution in [0.1, 0.15) is 51.5 Å². The molecule has 1 saturated carbocycles. The van der Waals surface area contributed by atoms with Gasteiger partial charge in [0.05, 0.1) is 18.2 Å². The number of amides is 1. The fourth-order valence-electron chi connectivity index (χ4n) is 4.60. The molecule has 0 unspecified atom stereocenters. The van der Waals surface area contributed by atoms with Gasteiger partial charge in [-0.15, -0.1) is 11.3 Å². The van der Waals surface area contributed by atoms with Gasteiger partial charge >= 0.3 is 6.18 Å². The summed E-state index contributed by atoms with van der Waals surface area (Å²) >= 11 is 1.56. The molecule has 0 bridgehead atoms. The minimum atomic E-state index is -4.49. The molecule has 34 heavy (non-hydrogen) atoms. The number of benzene rings is 1. The molecule has 1 saturated heterocycles. The average Bonchev–Trinajstić information content (AvgIpc) is 3.22. The monoisotopic (exact) mass is 494 g/mol. The molecule has 2 aliphatic rings. The van der Waals surface area contributed by atoms with Crippen LogP contribution in [0.15, 0.2) is 42.7 Å². The number of aryl methyl sites for hydroxylation is 1. The van der Waals surface area contributed by atoms with E-state index >= 15 is 0 Å². The second-order valence-corrected chi connectivity index (χ2v) is 10.4. The van der Waals surface area contributed by atoms with Gasteiger partial charge in [-0.1, -0.05) is 12.6 Å². The van der Waals surface area contributed by atoms with Gasteiger partial charge in [0.25, 0.3) is 5.91 Å². The van der Waals surface area contributed by atoms with Gasteiger partial charge in [-0.25, -0.2) is 4.98 Å². The summed E-state index contributed by atoms with van der Waals surface area (Å²) in [6.45, 7) is 7.75. The third-order valence-electron chi connectivity index (χ3n) is 6.55. The number of rotatable bonds is 7. The van der Waals surface area contributed by atoms with Crippen LogP contribution in [0.2, 0.25) is 0 Å². The predicted molar refractivity (Wildman–Crippen MR) is 124 cm³/mol. The molecule has 1 aliphatic heterocycles. The number of nitrogens with zero attached hydrogens (tertiary/aromatic N) is 2. The SMILES string of the molecule is C=C(CNC(=O)c1cccc(C(F)(F)F)c1)NC1CN(C2CCC(O)(c3ncc(C)s3)CC2)C1. The molecule has 0 atom stereocenters. The zero-order valence-corrected chi connectivity index (χ0v) is 19.8. The third kappa shape index (κ3) is 5.61. The highest BCUT2D eigenvalue weighted by atomic mass is 32.1. The molecule has 10 heteroatoms. The molecule has 1 aliphatic carbocycles. The highest BCUT2D eigenvalue weighted by Crippen LogP contribution is 2.40. The van der Waals surface area contributed by atoms with Gasteiger partial charge in [-0.2, -0.15) is 13.2 Å². The number of aliphatic hydroxyl groups is 1. The first-order valence-electron chi connectivity index (χ1n) is 11.3. The topological polar surface area (TPSA) is 77.5 Å². The van der Waals surface area contributed by atoms with Crippen molar-refractivity contribution in [3.63, 3.8) is 0 Å². The molecule has 1 amide bonds. The number of halogens is 3. The second-order valence-electron chi connectivity index (χ2n) is 9.20. The largest absolute Gasteiger partial charge is 0.416 e. The Labute approximate surface area is 200 Å². The van der Waals surface area contributed by atoms with Crippen LogP contribution < -0.4 is 10.6 Å². The summed E-state index contributed by atoms with van der Waals surface area (Å²) < 4.78 is 38.5. The van der Waals surface area contributed by atoms with E-state index in [-0.39, 0.29) is 18.2 Å². The van der Waals surface area contributed by atoms with Crippen molar-refractivity contribution in [3.05, 3.63) is 63.7 Å². The first-order valence-corrected chi connectivity index (χ1v) is 12.1. The number of thiazole rings is 1. The number of aromatic nitrogens is 1. The van der Waals surface area contributed by atoms with Crippen molar-refractivity contribution in [3.8, 4) is 0 Å². The Kier molecular flexibility index (Phi) is 7.02. The minimum Gasteiger partial charge on any atom is -0.383 e. The van der Waals surface area contributed by atoms with E-state index in [0.717, 1.165) is 47.9 Å². The number of carbonyl (C=O) groups is 1. The van der Waals surface area contributed by atoms with E-state index in [1.54, 1.807) is 11.3 Å². The van der Waals surface area contributed by atoms with Crippen LogP contribution in [0.5, 0.6) is 0 Å². The van der Waals surface area contributed by atoms with E-state index in [0.29, 0.717) is 24.6 Å². The maximum Gasteiger partial charge on any atom is 0.416 e. The molecule has 0 spiro atoms. The maximum absolute atomic E-state index is 12.8. The van der Waals surface area contributed by atoms with Gasteiger partial charge in [0, 0.05) is 41.5 Å². The number of carbonyl (C=O) groups excluding carboxylic acids is 1. The highest BCUT2D eigenvalue weighted by molar-refractivity contribution is 7.11. The molecule has 2 fully saturated rings. The Morgan fingerprint density at radius 3 is 2.65 bits per heavy atom. The van der Waals surface area contributed by atoms with Gasteiger partial charge < -0.3 is 15.7 Å². The molecule has 2 aromatic rings. The molecule has 6 nitrogen and oxygen atoms in total.